The average molecular weight is 267 g/mol. The zero-order valence-electron chi connectivity index (χ0n) is 11.3. The van der Waals surface area contributed by atoms with Gasteiger partial charge in [-0.25, -0.2) is 0 Å². The second kappa shape index (κ2) is 6.08. The lowest BCUT2D eigenvalue weighted by Crippen LogP contribution is -2.23. The van der Waals surface area contributed by atoms with Gasteiger partial charge in [0.1, 0.15) is 0 Å². The first-order valence-electron chi connectivity index (χ1n) is 7.01. The van der Waals surface area contributed by atoms with Crippen LogP contribution in [-0.2, 0) is 0 Å². The van der Waals surface area contributed by atoms with Crippen molar-refractivity contribution in [3.8, 4) is 0 Å². The predicted octanol–water partition coefficient (Wildman–Crippen LogP) is 4.84. The van der Waals surface area contributed by atoms with Gasteiger partial charge in [0.2, 0.25) is 0 Å². The van der Waals surface area contributed by atoms with Crippen LogP contribution in [0, 0.1) is 17.8 Å². The summed E-state index contributed by atoms with van der Waals surface area (Å²) in [5, 5.41) is 11.1. The van der Waals surface area contributed by atoms with Crippen molar-refractivity contribution in [2.75, 3.05) is 0 Å². The molecule has 2 heteroatoms. The van der Waals surface area contributed by atoms with Gasteiger partial charge in [-0.05, 0) is 61.1 Å². The van der Waals surface area contributed by atoms with Gasteiger partial charge in [-0.3, -0.25) is 0 Å². The van der Waals surface area contributed by atoms with E-state index in [9.17, 15) is 5.11 Å². The molecule has 0 aromatic heterocycles. The Morgan fingerprint density at radius 1 is 1.11 bits per heavy atom. The summed E-state index contributed by atoms with van der Waals surface area (Å²) in [4.78, 5) is 0. The Hall–Kier alpha value is -0.530. The number of halogens is 1. The summed E-state index contributed by atoms with van der Waals surface area (Å²) in [5.74, 6) is 2.01. The third kappa shape index (κ3) is 3.27. The number of hydrogen-bond donors (Lipinski definition) is 1. The lowest BCUT2D eigenvalue weighted by Gasteiger charge is -2.33. The van der Waals surface area contributed by atoms with Crippen LogP contribution in [0.25, 0.3) is 0 Å². The van der Waals surface area contributed by atoms with Crippen LogP contribution >= 0.6 is 11.6 Å². The summed E-state index contributed by atoms with van der Waals surface area (Å²) in [6.07, 6.45) is 4.42. The molecule has 1 saturated carbocycles. The van der Waals surface area contributed by atoms with E-state index in [1.807, 2.05) is 24.3 Å². The van der Waals surface area contributed by atoms with Crippen molar-refractivity contribution < 1.29 is 5.11 Å². The Labute approximate surface area is 115 Å². The van der Waals surface area contributed by atoms with Crippen molar-refractivity contribution in [1.82, 2.24) is 0 Å². The summed E-state index contributed by atoms with van der Waals surface area (Å²) in [5.41, 5.74) is 0.968. The fraction of sp³-hybridized carbons (Fsp3) is 0.625. The molecule has 0 bridgehead atoms. The maximum atomic E-state index is 10.4. The van der Waals surface area contributed by atoms with Crippen molar-refractivity contribution in [2.45, 2.75) is 45.6 Å². The zero-order valence-corrected chi connectivity index (χ0v) is 12.0. The van der Waals surface area contributed by atoms with Crippen molar-refractivity contribution in [2.24, 2.45) is 17.8 Å². The summed E-state index contributed by atoms with van der Waals surface area (Å²) in [6.45, 7) is 4.61. The molecule has 0 aliphatic heterocycles. The fourth-order valence-corrected chi connectivity index (χ4v) is 3.29. The van der Waals surface area contributed by atoms with Gasteiger partial charge >= 0.3 is 0 Å². The molecular formula is C16H23ClO. The third-order valence-electron chi connectivity index (χ3n) is 4.40. The van der Waals surface area contributed by atoms with E-state index in [1.165, 1.54) is 12.8 Å². The first kappa shape index (κ1) is 13.9. The number of aliphatic hydroxyl groups is 1. The van der Waals surface area contributed by atoms with Gasteiger partial charge in [-0.15, -0.1) is 0 Å². The van der Waals surface area contributed by atoms with E-state index in [0.29, 0.717) is 10.9 Å². The third-order valence-corrected chi connectivity index (χ3v) is 4.63. The highest BCUT2D eigenvalue weighted by Crippen LogP contribution is 2.39. The van der Waals surface area contributed by atoms with Gasteiger partial charge < -0.3 is 5.11 Å². The van der Waals surface area contributed by atoms with Gasteiger partial charge in [0, 0.05) is 5.02 Å². The lowest BCUT2D eigenvalue weighted by molar-refractivity contribution is 0.0668. The van der Waals surface area contributed by atoms with Crippen molar-refractivity contribution in [1.29, 1.82) is 0 Å². The lowest BCUT2D eigenvalue weighted by atomic mass is 9.74. The molecule has 1 unspecified atom stereocenters. The van der Waals surface area contributed by atoms with Crippen LogP contribution in [0.15, 0.2) is 24.3 Å². The average Bonchev–Trinajstić information content (AvgIpc) is 2.38. The molecule has 0 amide bonds. The topological polar surface area (TPSA) is 20.2 Å². The fourth-order valence-electron chi connectivity index (χ4n) is 3.09. The van der Waals surface area contributed by atoms with Crippen molar-refractivity contribution in [3.63, 3.8) is 0 Å². The quantitative estimate of drug-likeness (QED) is 0.830. The van der Waals surface area contributed by atoms with Crippen molar-refractivity contribution >= 4 is 11.6 Å². The second-order valence-corrected chi connectivity index (χ2v) is 6.36. The molecule has 1 aromatic carbocycles. The molecule has 1 aromatic rings. The summed E-state index contributed by atoms with van der Waals surface area (Å²) >= 11 is 5.98. The number of hydrogen-bond acceptors (Lipinski definition) is 1. The Kier molecular flexibility index (Phi) is 4.69. The number of aliphatic hydroxyl groups excluding tert-OH is 1. The van der Waals surface area contributed by atoms with Crippen LogP contribution in [0.3, 0.4) is 0 Å². The Morgan fingerprint density at radius 3 is 2.28 bits per heavy atom. The molecule has 0 spiro atoms. The molecule has 1 atom stereocenters. The summed E-state index contributed by atoms with van der Waals surface area (Å²) in [6, 6.07) is 7.64. The van der Waals surface area contributed by atoms with E-state index in [0.717, 1.165) is 30.2 Å². The Morgan fingerprint density at radius 2 is 1.72 bits per heavy atom. The standard InChI is InChI=1S/C16H23ClO/c1-11(2)12-6-8-13(9-7-12)16(18)14-4-3-5-15(17)10-14/h3-5,10-13,16,18H,6-9H2,1-2H3. The van der Waals surface area contributed by atoms with Crippen LogP contribution in [0.1, 0.15) is 51.2 Å². The van der Waals surface area contributed by atoms with Gasteiger partial charge in [0.05, 0.1) is 6.10 Å². The zero-order chi connectivity index (χ0) is 13.1. The highest BCUT2D eigenvalue weighted by atomic mass is 35.5. The van der Waals surface area contributed by atoms with E-state index < -0.39 is 0 Å². The molecule has 100 valence electrons. The largest absolute Gasteiger partial charge is 0.388 e. The molecule has 0 heterocycles. The SMILES string of the molecule is CC(C)C1CCC(C(O)c2cccc(Cl)c2)CC1. The van der Waals surface area contributed by atoms with Gasteiger partial charge in [0.25, 0.3) is 0 Å². The van der Waals surface area contributed by atoms with Crippen LogP contribution in [0.5, 0.6) is 0 Å². The van der Waals surface area contributed by atoms with E-state index in [4.69, 9.17) is 11.6 Å². The second-order valence-electron chi connectivity index (χ2n) is 5.92. The minimum atomic E-state index is -0.350. The van der Waals surface area contributed by atoms with Gasteiger partial charge in [-0.2, -0.15) is 0 Å². The maximum Gasteiger partial charge on any atom is 0.0818 e. The molecule has 1 N–H and O–H groups in total. The highest BCUT2D eigenvalue weighted by Gasteiger charge is 2.28. The van der Waals surface area contributed by atoms with Gasteiger partial charge in [-0.1, -0.05) is 37.6 Å². The molecule has 1 fully saturated rings. The highest BCUT2D eigenvalue weighted by molar-refractivity contribution is 6.30. The normalized spacial score (nSPS) is 26.3. The van der Waals surface area contributed by atoms with Crippen LogP contribution in [-0.4, -0.2) is 5.11 Å². The molecule has 0 saturated heterocycles. The minimum Gasteiger partial charge on any atom is -0.388 e. The molecule has 2 rings (SSSR count). The molecule has 18 heavy (non-hydrogen) atoms. The van der Waals surface area contributed by atoms with Gasteiger partial charge in [0.15, 0.2) is 0 Å². The number of benzene rings is 1. The van der Waals surface area contributed by atoms with E-state index >= 15 is 0 Å². The van der Waals surface area contributed by atoms with E-state index in [1.54, 1.807) is 0 Å². The number of rotatable bonds is 3. The molecule has 1 nitrogen and oxygen atoms in total. The Bertz CT molecular complexity index is 380. The molecule has 1 aliphatic carbocycles. The van der Waals surface area contributed by atoms with Crippen LogP contribution in [0.2, 0.25) is 5.02 Å². The minimum absolute atomic E-state index is 0.350. The summed E-state index contributed by atoms with van der Waals surface area (Å²) < 4.78 is 0. The molecule has 0 radical (unpaired) electrons. The Balaban J connectivity index is 1.97. The maximum absolute atomic E-state index is 10.4. The molecular weight excluding hydrogens is 244 g/mol. The summed E-state index contributed by atoms with van der Waals surface area (Å²) in [7, 11) is 0. The first-order chi connectivity index (χ1) is 8.58. The smallest absolute Gasteiger partial charge is 0.0818 e. The first-order valence-corrected chi connectivity index (χ1v) is 7.39. The van der Waals surface area contributed by atoms with E-state index in [-0.39, 0.29) is 6.10 Å². The predicted molar refractivity (Wildman–Crippen MR) is 76.7 cm³/mol. The van der Waals surface area contributed by atoms with E-state index in [2.05, 4.69) is 13.8 Å². The van der Waals surface area contributed by atoms with Crippen molar-refractivity contribution in [3.05, 3.63) is 34.9 Å². The van der Waals surface area contributed by atoms with Crippen LogP contribution in [0.4, 0.5) is 0 Å². The molecule has 1 aliphatic rings. The monoisotopic (exact) mass is 266 g/mol. The van der Waals surface area contributed by atoms with Crippen LogP contribution < -0.4 is 0 Å².